The van der Waals surface area contributed by atoms with Crippen molar-refractivity contribution in [3.8, 4) is 0 Å². The second-order valence-corrected chi connectivity index (χ2v) is 4.04. The number of oxazole rings is 1. The van der Waals surface area contributed by atoms with Gasteiger partial charge in [0.15, 0.2) is 6.39 Å². The Balaban J connectivity index is 2.18. The highest BCUT2D eigenvalue weighted by Crippen LogP contribution is 2.18. The Morgan fingerprint density at radius 3 is 2.65 bits per heavy atom. The summed E-state index contributed by atoms with van der Waals surface area (Å²) in [4.78, 5) is 16.0. The fraction of sp³-hybridized carbons (Fsp3) is 0.231. The van der Waals surface area contributed by atoms with Crippen LogP contribution in [0, 0.1) is 0 Å². The van der Waals surface area contributed by atoms with Gasteiger partial charge in [0.05, 0.1) is 5.69 Å². The van der Waals surface area contributed by atoms with Crippen LogP contribution in [0.1, 0.15) is 36.0 Å². The van der Waals surface area contributed by atoms with E-state index in [-0.39, 0.29) is 17.6 Å². The number of carbonyl (C=O) groups excluding carboxylic acids is 1. The molecule has 4 heteroatoms. The molecule has 0 atom stereocenters. The van der Waals surface area contributed by atoms with E-state index in [4.69, 9.17) is 4.42 Å². The SMILES string of the molecule is CC(C)c1ncoc1C(=O)Nc1ccccc1. The predicted octanol–water partition coefficient (Wildman–Crippen LogP) is 3.05. The number of nitrogens with zero attached hydrogens (tertiary/aromatic N) is 1. The number of benzene rings is 1. The summed E-state index contributed by atoms with van der Waals surface area (Å²) in [6.07, 6.45) is 1.30. The van der Waals surface area contributed by atoms with Gasteiger partial charge in [0.2, 0.25) is 5.76 Å². The molecule has 4 nitrogen and oxygen atoms in total. The molecule has 0 fully saturated rings. The number of anilines is 1. The molecule has 1 aromatic heterocycles. The molecule has 0 spiro atoms. The number of rotatable bonds is 3. The second kappa shape index (κ2) is 4.82. The van der Waals surface area contributed by atoms with Crippen LogP contribution in [0.4, 0.5) is 5.69 Å². The maximum Gasteiger partial charge on any atom is 0.293 e. The lowest BCUT2D eigenvalue weighted by molar-refractivity contribution is 0.0995. The maximum absolute atomic E-state index is 12.0. The quantitative estimate of drug-likeness (QED) is 0.881. The number of para-hydroxylation sites is 1. The minimum absolute atomic E-state index is 0.158. The first-order valence-corrected chi connectivity index (χ1v) is 5.48. The molecule has 0 aliphatic rings. The third kappa shape index (κ3) is 2.53. The van der Waals surface area contributed by atoms with E-state index < -0.39 is 0 Å². The summed E-state index contributed by atoms with van der Waals surface area (Å²) in [5.41, 5.74) is 1.42. The Hall–Kier alpha value is -2.10. The van der Waals surface area contributed by atoms with E-state index in [1.165, 1.54) is 6.39 Å². The van der Waals surface area contributed by atoms with Gasteiger partial charge in [-0.3, -0.25) is 4.79 Å². The van der Waals surface area contributed by atoms with E-state index >= 15 is 0 Å². The van der Waals surface area contributed by atoms with Gasteiger partial charge in [-0.05, 0) is 18.1 Å². The van der Waals surface area contributed by atoms with Gasteiger partial charge in [-0.1, -0.05) is 32.0 Å². The molecule has 0 unspecified atom stereocenters. The predicted molar refractivity (Wildman–Crippen MR) is 65.0 cm³/mol. The highest BCUT2D eigenvalue weighted by molar-refractivity contribution is 6.03. The zero-order chi connectivity index (χ0) is 12.3. The summed E-state index contributed by atoms with van der Waals surface area (Å²) in [7, 11) is 0. The van der Waals surface area contributed by atoms with E-state index in [9.17, 15) is 4.79 Å². The zero-order valence-corrected chi connectivity index (χ0v) is 9.81. The van der Waals surface area contributed by atoms with Gasteiger partial charge in [-0.2, -0.15) is 0 Å². The topological polar surface area (TPSA) is 55.1 Å². The molecule has 2 rings (SSSR count). The molecule has 0 saturated carbocycles. The van der Waals surface area contributed by atoms with Crippen molar-refractivity contribution in [3.63, 3.8) is 0 Å². The summed E-state index contributed by atoms with van der Waals surface area (Å²) >= 11 is 0. The minimum Gasteiger partial charge on any atom is -0.438 e. The van der Waals surface area contributed by atoms with Crippen LogP contribution < -0.4 is 5.32 Å². The number of carbonyl (C=O) groups is 1. The molecular weight excluding hydrogens is 216 g/mol. The summed E-state index contributed by atoms with van der Waals surface area (Å²) in [5.74, 6) is 0.173. The molecular formula is C13H14N2O2. The Morgan fingerprint density at radius 2 is 2.00 bits per heavy atom. The first kappa shape index (κ1) is 11.4. The van der Waals surface area contributed by atoms with Crippen molar-refractivity contribution in [2.45, 2.75) is 19.8 Å². The molecule has 0 bridgehead atoms. The third-order valence-electron chi connectivity index (χ3n) is 2.38. The van der Waals surface area contributed by atoms with E-state index in [0.717, 1.165) is 5.69 Å². The minimum atomic E-state index is -0.266. The van der Waals surface area contributed by atoms with Gasteiger partial charge < -0.3 is 9.73 Å². The Bertz CT molecular complexity index is 503. The largest absolute Gasteiger partial charge is 0.438 e. The molecule has 0 aliphatic carbocycles. The van der Waals surface area contributed by atoms with Crippen LogP contribution in [0.5, 0.6) is 0 Å². The molecule has 88 valence electrons. The van der Waals surface area contributed by atoms with Crippen LogP contribution in [-0.2, 0) is 0 Å². The van der Waals surface area contributed by atoms with E-state index in [2.05, 4.69) is 10.3 Å². The first-order chi connectivity index (χ1) is 8.18. The summed E-state index contributed by atoms with van der Waals surface area (Å²) < 4.78 is 5.14. The molecule has 0 saturated heterocycles. The monoisotopic (exact) mass is 230 g/mol. The van der Waals surface area contributed by atoms with Crippen molar-refractivity contribution < 1.29 is 9.21 Å². The normalized spacial score (nSPS) is 10.5. The van der Waals surface area contributed by atoms with Crippen LogP contribution in [0.3, 0.4) is 0 Å². The first-order valence-electron chi connectivity index (χ1n) is 5.48. The summed E-state index contributed by atoms with van der Waals surface area (Å²) in [6, 6.07) is 9.26. The fourth-order valence-electron chi connectivity index (χ4n) is 1.55. The van der Waals surface area contributed by atoms with Gasteiger partial charge in [0.1, 0.15) is 0 Å². The molecule has 0 aliphatic heterocycles. The number of hydrogen-bond donors (Lipinski definition) is 1. The lowest BCUT2D eigenvalue weighted by Gasteiger charge is -2.05. The molecule has 1 N–H and O–H groups in total. The van der Waals surface area contributed by atoms with E-state index in [1.54, 1.807) is 0 Å². The van der Waals surface area contributed by atoms with E-state index in [0.29, 0.717) is 5.69 Å². The van der Waals surface area contributed by atoms with Crippen molar-refractivity contribution in [1.29, 1.82) is 0 Å². The molecule has 1 amide bonds. The van der Waals surface area contributed by atoms with Crippen LogP contribution in [0.15, 0.2) is 41.1 Å². The highest BCUT2D eigenvalue weighted by atomic mass is 16.3. The van der Waals surface area contributed by atoms with Gasteiger partial charge in [0, 0.05) is 5.69 Å². The summed E-state index contributed by atoms with van der Waals surface area (Å²) in [6.45, 7) is 3.94. The van der Waals surface area contributed by atoms with Crippen LogP contribution in [0.25, 0.3) is 0 Å². The van der Waals surface area contributed by atoms with Crippen LogP contribution in [-0.4, -0.2) is 10.9 Å². The van der Waals surface area contributed by atoms with Crippen molar-refractivity contribution in [3.05, 3.63) is 48.2 Å². The number of hydrogen-bond acceptors (Lipinski definition) is 3. The summed E-state index contributed by atoms with van der Waals surface area (Å²) in [5, 5.41) is 2.77. The van der Waals surface area contributed by atoms with Crippen molar-refractivity contribution in [2.75, 3.05) is 5.32 Å². The maximum atomic E-state index is 12.0. The van der Waals surface area contributed by atoms with Gasteiger partial charge in [-0.25, -0.2) is 4.98 Å². The van der Waals surface area contributed by atoms with E-state index in [1.807, 2.05) is 44.2 Å². The Morgan fingerprint density at radius 1 is 1.29 bits per heavy atom. The lowest BCUT2D eigenvalue weighted by atomic mass is 10.1. The van der Waals surface area contributed by atoms with Gasteiger partial charge >= 0.3 is 0 Å². The lowest BCUT2D eigenvalue weighted by Crippen LogP contribution is -2.13. The molecule has 1 heterocycles. The van der Waals surface area contributed by atoms with Crippen LogP contribution >= 0.6 is 0 Å². The average molecular weight is 230 g/mol. The van der Waals surface area contributed by atoms with Crippen LogP contribution in [0.2, 0.25) is 0 Å². The second-order valence-electron chi connectivity index (χ2n) is 4.04. The van der Waals surface area contributed by atoms with Gasteiger partial charge in [0.25, 0.3) is 5.91 Å². The third-order valence-corrected chi connectivity index (χ3v) is 2.38. The Labute approximate surface area is 99.7 Å². The number of nitrogens with one attached hydrogen (secondary N) is 1. The van der Waals surface area contributed by atoms with Crippen molar-refractivity contribution in [2.24, 2.45) is 0 Å². The average Bonchev–Trinajstić information content (AvgIpc) is 2.79. The molecule has 1 aromatic carbocycles. The Kier molecular flexibility index (Phi) is 3.23. The van der Waals surface area contributed by atoms with Gasteiger partial charge in [-0.15, -0.1) is 0 Å². The highest BCUT2D eigenvalue weighted by Gasteiger charge is 2.19. The standard InChI is InChI=1S/C13H14N2O2/c1-9(2)11-12(17-8-14-11)13(16)15-10-6-4-3-5-7-10/h3-9H,1-2H3,(H,15,16). The molecule has 0 radical (unpaired) electrons. The zero-order valence-electron chi connectivity index (χ0n) is 9.81. The molecule has 17 heavy (non-hydrogen) atoms. The fourth-order valence-corrected chi connectivity index (χ4v) is 1.55. The number of aromatic nitrogens is 1. The smallest absolute Gasteiger partial charge is 0.293 e. The number of amides is 1. The van der Waals surface area contributed by atoms with Crippen molar-refractivity contribution in [1.82, 2.24) is 4.98 Å². The molecule has 2 aromatic rings. The van der Waals surface area contributed by atoms with Crippen molar-refractivity contribution >= 4 is 11.6 Å².